The summed E-state index contributed by atoms with van der Waals surface area (Å²) in [5.74, 6) is 0.552. The van der Waals surface area contributed by atoms with Gasteiger partial charge in [0.15, 0.2) is 5.16 Å². The molecule has 0 saturated heterocycles. The molecular formula is C17H14Cl2N4O2S. The third-order valence-electron chi connectivity index (χ3n) is 3.42. The maximum Gasteiger partial charge on any atom is 0.234 e. The van der Waals surface area contributed by atoms with Crippen LogP contribution in [0.3, 0.4) is 0 Å². The SMILES string of the molecule is COc1ccccc1-n1cnnc1SCC(=O)Nc1c(Cl)cccc1Cl. The van der Waals surface area contributed by atoms with Gasteiger partial charge in [0, 0.05) is 0 Å². The molecule has 9 heteroatoms. The zero-order valence-corrected chi connectivity index (χ0v) is 16.0. The van der Waals surface area contributed by atoms with E-state index in [4.69, 9.17) is 27.9 Å². The summed E-state index contributed by atoms with van der Waals surface area (Å²) in [7, 11) is 1.59. The van der Waals surface area contributed by atoms with E-state index in [1.54, 1.807) is 36.2 Å². The second-order valence-corrected chi connectivity index (χ2v) is 6.85. The predicted molar refractivity (Wildman–Crippen MR) is 104 cm³/mol. The monoisotopic (exact) mass is 408 g/mol. The zero-order chi connectivity index (χ0) is 18.5. The lowest BCUT2D eigenvalue weighted by molar-refractivity contribution is -0.113. The van der Waals surface area contributed by atoms with Crippen LogP contribution in [-0.2, 0) is 4.79 Å². The molecule has 1 aromatic heterocycles. The summed E-state index contributed by atoms with van der Waals surface area (Å²) in [6.45, 7) is 0. The lowest BCUT2D eigenvalue weighted by Gasteiger charge is -2.11. The lowest BCUT2D eigenvalue weighted by atomic mass is 10.3. The number of anilines is 1. The van der Waals surface area contributed by atoms with Crippen LogP contribution in [0.1, 0.15) is 0 Å². The number of amides is 1. The largest absolute Gasteiger partial charge is 0.495 e. The highest BCUT2D eigenvalue weighted by Crippen LogP contribution is 2.30. The highest BCUT2D eigenvalue weighted by molar-refractivity contribution is 7.99. The van der Waals surface area contributed by atoms with E-state index in [1.807, 2.05) is 24.3 Å². The fourth-order valence-corrected chi connectivity index (χ4v) is 3.45. The average molecular weight is 409 g/mol. The first-order valence-electron chi connectivity index (χ1n) is 7.50. The number of hydrogen-bond acceptors (Lipinski definition) is 5. The lowest BCUT2D eigenvalue weighted by Crippen LogP contribution is -2.15. The van der Waals surface area contributed by atoms with E-state index in [2.05, 4.69) is 15.5 Å². The van der Waals surface area contributed by atoms with Crippen molar-refractivity contribution in [3.05, 3.63) is 58.8 Å². The highest BCUT2D eigenvalue weighted by Gasteiger charge is 2.14. The third kappa shape index (κ3) is 4.12. The summed E-state index contributed by atoms with van der Waals surface area (Å²) in [6.07, 6.45) is 1.57. The van der Waals surface area contributed by atoms with E-state index in [1.165, 1.54) is 11.8 Å². The highest BCUT2D eigenvalue weighted by atomic mass is 35.5. The van der Waals surface area contributed by atoms with Crippen LogP contribution in [0.25, 0.3) is 5.69 Å². The van der Waals surface area contributed by atoms with Gasteiger partial charge in [-0.25, -0.2) is 0 Å². The molecule has 1 N–H and O–H groups in total. The van der Waals surface area contributed by atoms with Crippen molar-refractivity contribution in [3.8, 4) is 11.4 Å². The first-order chi connectivity index (χ1) is 12.6. The van der Waals surface area contributed by atoms with Crippen molar-refractivity contribution in [1.29, 1.82) is 0 Å². The van der Waals surface area contributed by atoms with Crippen LogP contribution in [0.4, 0.5) is 5.69 Å². The van der Waals surface area contributed by atoms with E-state index >= 15 is 0 Å². The van der Waals surface area contributed by atoms with Gasteiger partial charge in [-0.3, -0.25) is 9.36 Å². The summed E-state index contributed by atoms with van der Waals surface area (Å²) >= 11 is 13.4. The van der Waals surface area contributed by atoms with Crippen LogP contribution in [0, 0.1) is 0 Å². The van der Waals surface area contributed by atoms with Gasteiger partial charge >= 0.3 is 0 Å². The Balaban J connectivity index is 1.71. The Bertz CT molecular complexity index is 912. The molecule has 3 rings (SSSR count). The number of ether oxygens (including phenoxy) is 1. The molecule has 0 fully saturated rings. The molecule has 0 spiro atoms. The summed E-state index contributed by atoms with van der Waals surface area (Å²) in [6, 6.07) is 12.5. The van der Waals surface area contributed by atoms with Crippen LogP contribution in [0.5, 0.6) is 5.75 Å². The molecule has 0 unspecified atom stereocenters. The fraction of sp³-hybridized carbons (Fsp3) is 0.118. The van der Waals surface area contributed by atoms with Gasteiger partial charge in [0.1, 0.15) is 12.1 Å². The predicted octanol–water partition coefficient (Wildman–Crippen LogP) is 4.31. The summed E-state index contributed by atoms with van der Waals surface area (Å²) in [5, 5.41) is 12.0. The van der Waals surface area contributed by atoms with E-state index in [9.17, 15) is 4.79 Å². The van der Waals surface area contributed by atoms with Crippen molar-refractivity contribution in [1.82, 2.24) is 14.8 Å². The van der Waals surface area contributed by atoms with Crippen molar-refractivity contribution in [2.75, 3.05) is 18.2 Å². The zero-order valence-electron chi connectivity index (χ0n) is 13.6. The summed E-state index contributed by atoms with van der Waals surface area (Å²) < 4.78 is 7.12. The van der Waals surface area contributed by atoms with Crippen LogP contribution >= 0.6 is 35.0 Å². The number of para-hydroxylation sites is 3. The van der Waals surface area contributed by atoms with E-state index in [-0.39, 0.29) is 11.7 Å². The molecule has 26 heavy (non-hydrogen) atoms. The Labute approximate surface area is 164 Å². The Morgan fingerprint density at radius 3 is 2.65 bits per heavy atom. The van der Waals surface area contributed by atoms with Crippen molar-refractivity contribution >= 4 is 46.6 Å². The number of carbonyl (C=O) groups excluding carboxylic acids is 1. The molecule has 2 aromatic carbocycles. The number of aromatic nitrogens is 3. The molecule has 3 aromatic rings. The second-order valence-electron chi connectivity index (χ2n) is 5.09. The van der Waals surface area contributed by atoms with Gasteiger partial charge in [0.25, 0.3) is 0 Å². The Kier molecular flexibility index (Phi) is 6.03. The molecular weight excluding hydrogens is 395 g/mol. The minimum absolute atomic E-state index is 0.120. The number of nitrogens with one attached hydrogen (secondary N) is 1. The molecule has 134 valence electrons. The van der Waals surface area contributed by atoms with E-state index in [0.29, 0.717) is 26.6 Å². The van der Waals surface area contributed by atoms with Gasteiger partial charge in [-0.1, -0.05) is 53.2 Å². The number of carbonyl (C=O) groups is 1. The molecule has 0 aliphatic heterocycles. The molecule has 0 bridgehead atoms. The van der Waals surface area contributed by atoms with Crippen molar-refractivity contribution < 1.29 is 9.53 Å². The minimum atomic E-state index is -0.250. The standard InChI is InChI=1S/C17H14Cl2N4O2S/c1-25-14-8-3-2-7-13(14)23-10-20-22-17(23)26-9-15(24)21-16-11(18)5-4-6-12(16)19/h2-8,10H,9H2,1H3,(H,21,24). The Hall–Kier alpha value is -2.22. The van der Waals surface area contributed by atoms with Crippen molar-refractivity contribution in [3.63, 3.8) is 0 Å². The molecule has 0 radical (unpaired) electrons. The van der Waals surface area contributed by atoms with Gasteiger partial charge in [-0.2, -0.15) is 0 Å². The first kappa shape index (κ1) is 18.6. The Morgan fingerprint density at radius 1 is 1.19 bits per heavy atom. The maximum absolute atomic E-state index is 12.3. The quantitative estimate of drug-likeness (QED) is 0.615. The number of benzene rings is 2. The topological polar surface area (TPSA) is 69.0 Å². The van der Waals surface area contributed by atoms with E-state index in [0.717, 1.165) is 5.69 Å². The molecule has 0 atom stereocenters. The number of rotatable bonds is 6. The van der Waals surface area contributed by atoms with Crippen LogP contribution in [-0.4, -0.2) is 33.5 Å². The van der Waals surface area contributed by atoms with Crippen LogP contribution < -0.4 is 10.1 Å². The van der Waals surface area contributed by atoms with Gasteiger partial charge in [0.2, 0.25) is 5.91 Å². The Morgan fingerprint density at radius 2 is 1.92 bits per heavy atom. The normalized spacial score (nSPS) is 10.6. The van der Waals surface area contributed by atoms with Gasteiger partial charge in [0.05, 0.1) is 34.3 Å². The van der Waals surface area contributed by atoms with Gasteiger partial charge < -0.3 is 10.1 Å². The number of methoxy groups -OCH3 is 1. The van der Waals surface area contributed by atoms with Gasteiger partial charge in [-0.05, 0) is 24.3 Å². The van der Waals surface area contributed by atoms with Crippen LogP contribution in [0.15, 0.2) is 53.9 Å². The third-order valence-corrected chi connectivity index (χ3v) is 4.99. The molecule has 1 amide bonds. The molecule has 0 aliphatic carbocycles. The number of halogens is 2. The fourth-order valence-electron chi connectivity index (χ4n) is 2.24. The second kappa shape index (κ2) is 8.44. The molecule has 1 heterocycles. The van der Waals surface area contributed by atoms with E-state index < -0.39 is 0 Å². The average Bonchev–Trinajstić information content (AvgIpc) is 3.11. The van der Waals surface area contributed by atoms with Gasteiger partial charge in [-0.15, -0.1) is 10.2 Å². The minimum Gasteiger partial charge on any atom is -0.495 e. The van der Waals surface area contributed by atoms with Crippen LogP contribution in [0.2, 0.25) is 10.0 Å². The number of nitrogens with zero attached hydrogens (tertiary/aromatic N) is 3. The number of thioether (sulfide) groups is 1. The smallest absolute Gasteiger partial charge is 0.234 e. The maximum atomic E-state index is 12.3. The molecule has 0 aliphatic rings. The first-order valence-corrected chi connectivity index (χ1v) is 9.24. The van der Waals surface area contributed by atoms with Crippen molar-refractivity contribution in [2.24, 2.45) is 0 Å². The summed E-state index contributed by atoms with van der Waals surface area (Å²) in [4.78, 5) is 12.3. The molecule has 0 saturated carbocycles. The summed E-state index contributed by atoms with van der Waals surface area (Å²) in [5.41, 5.74) is 1.18. The number of hydrogen-bond donors (Lipinski definition) is 1. The van der Waals surface area contributed by atoms with Crippen molar-refractivity contribution in [2.45, 2.75) is 5.16 Å². The molecule has 6 nitrogen and oxygen atoms in total.